The third kappa shape index (κ3) is 13.7. The van der Waals surface area contributed by atoms with Gasteiger partial charge in [-0.15, -0.1) is 0 Å². The van der Waals surface area contributed by atoms with E-state index >= 15 is 0 Å². The lowest BCUT2D eigenvalue weighted by Crippen LogP contribution is -2.60. The van der Waals surface area contributed by atoms with Gasteiger partial charge in [0.25, 0.3) is 0 Å². The van der Waals surface area contributed by atoms with Gasteiger partial charge in [0.1, 0.15) is 90.5 Å². The van der Waals surface area contributed by atoms with E-state index in [0.29, 0.717) is 51.0 Å². The molecule has 22 nitrogen and oxygen atoms in total. The molecular formula is C67H78N4O18. The minimum atomic E-state index is -1.65. The Morgan fingerprint density at radius 1 is 0.360 bits per heavy atom. The summed E-state index contributed by atoms with van der Waals surface area (Å²) in [6.45, 7) is 0.366. The molecule has 5 aliphatic heterocycles. The van der Waals surface area contributed by atoms with Crippen LogP contribution in [0, 0.1) is 0 Å². The van der Waals surface area contributed by atoms with Gasteiger partial charge in [0.05, 0.1) is 42.6 Å². The number of hydrogen-bond donors (Lipinski definition) is 14. The van der Waals surface area contributed by atoms with E-state index in [-0.39, 0.29) is 17.2 Å². The molecule has 8 bridgehead atoms. The second kappa shape index (κ2) is 28.5. The average molecular weight is 1230 g/mol. The molecule has 0 radical (unpaired) electrons. The number of aromatic nitrogens is 4. The van der Waals surface area contributed by atoms with Crippen LogP contribution in [0.25, 0.3) is 79.8 Å². The number of rotatable bonds is 22. The summed E-state index contributed by atoms with van der Waals surface area (Å²) < 4.78 is 35.0. The van der Waals surface area contributed by atoms with E-state index in [0.717, 1.165) is 64.9 Å². The van der Waals surface area contributed by atoms with E-state index in [4.69, 9.17) is 38.4 Å². The maximum Gasteiger partial charge on any atom is 0.229 e. The van der Waals surface area contributed by atoms with Crippen molar-refractivity contribution in [2.45, 2.75) is 163 Å². The molecular weight excluding hydrogens is 1150 g/mol. The summed E-state index contributed by atoms with van der Waals surface area (Å²) in [5.41, 5.74) is 10.7. The molecule has 0 spiro atoms. The number of H-pyrrole nitrogens is 2. The largest absolute Gasteiger partial charge is 0.462 e. The van der Waals surface area contributed by atoms with Crippen LogP contribution in [0.4, 0.5) is 0 Å². The molecule has 6 aromatic rings. The van der Waals surface area contributed by atoms with Crippen LogP contribution in [0.5, 0.6) is 17.2 Å². The fraction of sp³-hybridized carbons (Fsp3) is 0.433. The first-order chi connectivity index (χ1) is 43.2. The van der Waals surface area contributed by atoms with Crippen LogP contribution < -0.4 is 14.2 Å². The molecule has 11 rings (SSSR count). The molecule has 0 saturated carbocycles. The number of unbranched alkanes of at least 4 members (excludes halogenated alkanes) is 8. The summed E-state index contributed by atoms with van der Waals surface area (Å²) in [4.78, 5) is 18.3. The fourth-order valence-electron chi connectivity index (χ4n) is 12.0. The summed E-state index contributed by atoms with van der Waals surface area (Å²) in [7, 11) is 0. The molecule has 3 aromatic heterocycles. The molecule has 474 valence electrons. The Morgan fingerprint density at radius 2 is 0.663 bits per heavy atom. The quantitative estimate of drug-likeness (QED) is 0.0384. The molecule has 89 heavy (non-hydrogen) atoms. The standard InChI is InChI=1S/C67H78N4O18/c1-2-3-4-5-6-7-8-9-10-11-41-42-24-26-44(68-42)53(35-12-18-38(19-13-35)84-65-62(81)59(78)56(75)50(32-72)87-65)46-28-30-48(70-46)55(37-16-22-40(23-17-37)86-67-64(83)61(80)58(77)52(34-74)89-67)49-31-29-47(71-49)54(45-27-25-43(41)69-45)36-14-20-39(21-15-36)85-66-63(82)60(79)57(76)51(33-73)88-66/h12-31,50-52,56-67,70-83H,2-11,32-34H2,1H3/t50-,51-,52-,56-,57-,58-,59+,60+,61+,62-,63-,64-,65-,66-,67-/m1/s1. The number of nitrogens with zero attached hydrogens (tertiary/aromatic N) is 2. The molecule has 15 atom stereocenters. The van der Waals surface area contributed by atoms with E-state index in [1.54, 1.807) is 36.4 Å². The van der Waals surface area contributed by atoms with Crippen LogP contribution in [0.15, 0.2) is 97.1 Å². The highest BCUT2D eigenvalue weighted by atomic mass is 16.7. The molecule has 3 saturated heterocycles. The van der Waals surface area contributed by atoms with Crippen molar-refractivity contribution in [1.82, 2.24) is 19.9 Å². The third-order valence-corrected chi connectivity index (χ3v) is 17.1. The maximum absolute atomic E-state index is 10.8. The Labute approximate surface area is 513 Å². The first-order valence-electron chi connectivity index (χ1n) is 30.5. The molecule has 14 N–H and O–H groups in total. The zero-order chi connectivity index (χ0) is 62.5. The number of benzene rings is 3. The highest BCUT2D eigenvalue weighted by molar-refractivity contribution is 5.99. The van der Waals surface area contributed by atoms with E-state index in [2.05, 4.69) is 16.9 Å². The van der Waals surface area contributed by atoms with Crippen molar-refractivity contribution in [3.63, 3.8) is 0 Å². The first kappa shape index (κ1) is 63.6. The Balaban J connectivity index is 1.05. The minimum Gasteiger partial charge on any atom is -0.462 e. The Kier molecular flexibility index (Phi) is 20.4. The topological polar surface area (TPSA) is 356 Å². The molecule has 22 heteroatoms. The lowest BCUT2D eigenvalue weighted by molar-refractivity contribution is -0.277. The summed E-state index contributed by atoms with van der Waals surface area (Å²) in [6.07, 6.45) is -3.25. The Morgan fingerprint density at radius 3 is 1.00 bits per heavy atom. The van der Waals surface area contributed by atoms with Gasteiger partial charge in [-0.05, 0) is 114 Å². The highest BCUT2D eigenvalue weighted by Crippen LogP contribution is 2.39. The summed E-state index contributed by atoms with van der Waals surface area (Å²) in [6, 6.07) is 28.9. The van der Waals surface area contributed by atoms with Crippen molar-refractivity contribution >= 4 is 46.4 Å². The average Bonchev–Trinajstić information content (AvgIpc) is 1.84. The molecule has 8 heterocycles. The van der Waals surface area contributed by atoms with Crippen LogP contribution in [0.2, 0.25) is 0 Å². The van der Waals surface area contributed by atoms with Crippen LogP contribution in [0.1, 0.15) is 93.1 Å². The van der Waals surface area contributed by atoms with Gasteiger partial charge in [0.15, 0.2) is 0 Å². The smallest absolute Gasteiger partial charge is 0.229 e. The van der Waals surface area contributed by atoms with Crippen molar-refractivity contribution in [3.05, 3.63) is 125 Å². The normalized spacial score (nSPS) is 27.6. The first-order valence-corrected chi connectivity index (χ1v) is 30.5. The number of aliphatic hydroxyl groups is 12. The number of hydrogen-bond acceptors (Lipinski definition) is 20. The Bertz CT molecular complexity index is 3410. The Hall–Kier alpha value is -6.94. The summed E-state index contributed by atoms with van der Waals surface area (Å²) >= 11 is 0. The summed E-state index contributed by atoms with van der Waals surface area (Å²) in [5.74, 6) is 0.798. The van der Waals surface area contributed by atoms with E-state index in [9.17, 15) is 61.3 Å². The molecule has 5 aliphatic rings. The number of fused-ring (bicyclic) bond motifs is 8. The van der Waals surface area contributed by atoms with Gasteiger partial charge in [0, 0.05) is 44.3 Å². The number of aliphatic hydroxyl groups excluding tert-OH is 12. The van der Waals surface area contributed by atoms with Crippen LogP contribution in [-0.4, -0.2) is 193 Å². The van der Waals surface area contributed by atoms with Gasteiger partial charge < -0.3 is 99.7 Å². The zero-order valence-electron chi connectivity index (χ0n) is 49.1. The second-order valence-corrected chi connectivity index (χ2v) is 23.2. The summed E-state index contributed by atoms with van der Waals surface area (Å²) in [5, 5.41) is 125. The molecule has 0 unspecified atom stereocenters. The fourth-order valence-corrected chi connectivity index (χ4v) is 12.0. The van der Waals surface area contributed by atoms with Gasteiger partial charge in [-0.2, -0.15) is 0 Å². The molecule has 3 fully saturated rings. The molecule has 0 amide bonds. The van der Waals surface area contributed by atoms with Gasteiger partial charge in [0.2, 0.25) is 18.9 Å². The number of aromatic amines is 2. The van der Waals surface area contributed by atoms with Crippen LogP contribution >= 0.6 is 0 Å². The van der Waals surface area contributed by atoms with Crippen molar-refractivity contribution in [1.29, 1.82) is 0 Å². The number of nitrogens with one attached hydrogen (secondary N) is 2. The van der Waals surface area contributed by atoms with E-state index in [1.165, 1.54) is 32.1 Å². The van der Waals surface area contributed by atoms with Gasteiger partial charge in [-0.1, -0.05) is 94.7 Å². The zero-order valence-corrected chi connectivity index (χ0v) is 49.1. The molecule has 3 aromatic carbocycles. The maximum atomic E-state index is 10.8. The number of ether oxygens (including phenoxy) is 6. The van der Waals surface area contributed by atoms with Gasteiger partial charge >= 0.3 is 0 Å². The SMILES string of the molecule is CCCCCCCCCCCc1c2nc(c(-c3ccc(O[C@@H]4O[C@H](CO)[C@@H](O)[C@H](O)[C@H]4O)cc3)c3ccc([nH]3)c(-c3ccc(O[C@@H]4O[C@H](CO)[C@@H](O)[C@H](O)[C@H]4O)cc3)c3ccc([nH]3)c(-c3ccc(O[C@@H]4O[C@H](CO)[C@@H](O)[C@H](O)[C@H]4O)cc3)c3nc1C=C3)C=C2. The lowest BCUT2D eigenvalue weighted by atomic mass is 9.99. The van der Waals surface area contributed by atoms with Crippen molar-refractivity contribution in [3.8, 4) is 50.6 Å². The third-order valence-electron chi connectivity index (χ3n) is 17.1. The predicted molar refractivity (Wildman–Crippen MR) is 329 cm³/mol. The van der Waals surface area contributed by atoms with Crippen molar-refractivity contribution in [2.24, 2.45) is 0 Å². The van der Waals surface area contributed by atoms with E-state index < -0.39 is 112 Å². The van der Waals surface area contributed by atoms with Gasteiger partial charge in [-0.3, -0.25) is 0 Å². The highest BCUT2D eigenvalue weighted by Gasteiger charge is 2.47. The lowest BCUT2D eigenvalue weighted by Gasteiger charge is -2.39. The second-order valence-electron chi connectivity index (χ2n) is 23.2. The van der Waals surface area contributed by atoms with Crippen molar-refractivity contribution in [2.75, 3.05) is 19.8 Å². The van der Waals surface area contributed by atoms with Gasteiger partial charge in [-0.25, -0.2) is 9.97 Å². The van der Waals surface area contributed by atoms with Crippen LogP contribution in [0.3, 0.4) is 0 Å². The minimum absolute atomic E-state index is 0.251. The van der Waals surface area contributed by atoms with Crippen LogP contribution in [-0.2, 0) is 20.6 Å². The molecule has 0 aliphatic carbocycles. The predicted octanol–water partition coefficient (Wildman–Crippen LogP) is 5.27. The monoisotopic (exact) mass is 1230 g/mol. The van der Waals surface area contributed by atoms with E-state index in [1.807, 2.05) is 85.0 Å². The van der Waals surface area contributed by atoms with Crippen molar-refractivity contribution < 1.29 is 89.7 Å².